The van der Waals surface area contributed by atoms with Crippen molar-refractivity contribution in [2.75, 3.05) is 17.2 Å². The highest BCUT2D eigenvalue weighted by Gasteiger charge is 2.26. The average Bonchev–Trinajstić information content (AvgIpc) is 3.56. The lowest BCUT2D eigenvalue weighted by Crippen LogP contribution is -2.44. The summed E-state index contributed by atoms with van der Waals surface area (Å²) >= 11 is 2.31. The molecule has 0 radical (unpaired) electrons. The van der Waals surface area contributed by atoms with Crippen molar-refractivity contribution in [3.8, 4) is 18.2 Å². The number of fused-ring (bicyclic) bond motifs is 1. The predicted octanol–water partition coefficient (Wildman–Crippen LogP) is 1.08. The minimum atomic E-state index is -1.47. The van der Waals surface area contributed by atoms with Crippen LogP contribution in [0.25, 0.3) is 10.2 Å². The summed E-state index contributed by atoms with van der Waals surface area (Å²) in [5.74, 6) is -3.39. The smallest absolute Gasteiger partial charge is 0.326 e. The molecule has 15 nitrogen and oxygen atoms in total. The summed E-state index contributed by atoms with van der Waals surface area (Å²) < 4.78 is 0. The standard InChI is InChI=1S/C25H26N6O9S2/c1-2-9-31(10-12-11-41-22-19(12)21(36)29-25(26)30-22)17-7-5-15(42-17)20(35)28-14(24(39)40)3-6-16(32)27-13(23(37)38)4-8-18(33)34/h1,5,7,11,13-14H,3-4,6,8-10H2,(H,27,32)(H,28,35)(H,33,34)(H,37,38)(H,39,40)(H3,26,29,30,36)/t13-,14-/m0/s1. The van der Waals surface area contributed by atoms with E-state index in [1.54, 1.807) is 16.3 Å². The number of thiophene rings is 2. The number of carboxylic acid groups (broad SMARTS) is 3. The zero-order valence-electron chi connectivity index (χ0n) is 21.8. The maximum Gasteiger partial charge on any atom is 0.326 e. The van der Waals surface area contributed by atoms with Crippen LogP contribution in [-0.2, 0) is 25.7 Å². The normalized spacial score (nSPS) is 12.2. The number of nitrogens with zero attached hydrogens (tertiary/aromatic N) is 3. The summed E-state index contributed by atoms with van der Waals surface area (Å²) in [4.78, 5) is 69.1. The summed E-state index contributed by atoms with van der Waals surface area (Å²) in [6.07, 6.45) is 3.94. The largest absolute Gasteiger partial charge is 0.493 e. The second kappa shape index (κ2) is 14.1. The van der Waals surface area contributed by atoms with E-state index in [1.165, 1.54) is 17.4 Å². The second-order valence-corrected chi connectivity index (χ2v) is 10.8. The Morgan fingerprint density at radius 2 is 1.69 bits per heavy atom. The van der Waals surface area contributed by atoms with E-state index in [0.29, 0.717) is 20.8 Å². The Kier molecular flexibility index (Phi) is 10.6. The highest BCUT2D eigenvalue weighted by atomic mass is 32.1. The summed E-state index contributed by atoms with van der Waals surface area (Å²) in [6, 6.07) is 0.193. The third-order valence-electron chi connectivity index (χ3n) is 5.82. The topological polar surface area (TPSA) is 245 Å². The number of nitrogens with two attached hydrogens (primary N) is 1. The lowest BCUT2D eigenvalue weighted by Gasteiger charge is -2.20. The van der Waals surface area contributed by atoms with E-state index >= 15 is 0 Å². The van der Waals surface area contributed by atoms with Gasteiger partial charge in [0.25, 0.3) is 5.91 Å². The zero-order chi connectivity index (χ0) is 31.0. The second-order valence-electron chi connectivity index (χ2n) is 8.84. The van der Waals surface area contributed by atoms with E-state index in [9.17, 15) is 34.2 Å². The molecule has 17 heteroatoms. The molecule has 222 valence electrons. The zero-order valence-corrected chi connectivity index (χ0v) is 23.4. The van der Waals surface area contributed by atoms with Crippen molar-refractivity contribution in [2.24, 2.45) is 0 Å². The Balaban J connectivity index is 1.65. The van der Waals surface area contributed by atoms with Crippen molar-refractivity contribution in [2.45, 2.75) is 44.3 Å². The van der Waals surface area contributed by atoms with Gasteiger partial charge in [0.05, 0.1) is 21.8 Å². The third-order valence-corrected chi connectivity index (χ3v) is 7.89. The molecule has 2 atom stereocenters. The van der Waals surface area contributed by atoms with Crippen LogP contribution in [0, 0.1) is 12.3 Å². The monoisotopic (exact) mass is 618 g/mol. The first-order chi connectivity index (χ1) is 19.9. The van der Waals surface area contributed by atoms with Crippen LogP contribution in [0.3, 0.4) is 0 Å². The van der Waals surface area contributed by atoms with Gasteiger partial charge in [0.2, 0.25) is 17.7 Å². The van der Waals surface area contributed by atoms with Crippen LogP contribution in [0.2, 0.25) is 0 Å². The average molecular weight is 619 g/mol. The van der Waals surface area contributed by atoms with Crippen LogP contribution >= 0.6 is 22.7 Å². The number of amides is 2. The molecule has 0 aromatic carbocycles. The van der Waals surface area contributed by atoms with Crippen LogP contribution in [0.5, 0.6) is 5.88 Å². The fourth-order valence-corrected chi connectivity index (χ4v) is 5.65. The van der Waals surface area contributed by atoms with E-state index in [2.05, 4.69) is 26.5 Å². The van der Waals surface area contributed by atoms with Crippen LogP contribution < -0.4 is 21.3 Å². The van der Waals surface area contributed by atoms with Gasteiger partial charge in [-0.3, -0.25) is 14.4 Å². The number of rotatable bonds is 15. The molecule has 0 aliphatic carbocycles. The highest BCUT2D eigenvalue weighted by Crippen LogP contribution is 2.34. The molecule has 0 saturated heterocycles. The fraction of sp³-hybridized carbons (Fsp3) is 0.320. The number of carboxylic acids is 3. The van der Waals surface area contributed by atoms with E-state index in [1.807, 2.05) is 0 Å². The van der Waals surface area contributed by atoms with Crippen molar-refractivity contribution >= 4 is 73.6 Å². The Hall–Kier alpha value is -4.95. The molecular formula is C25H26N6O9S2. The van der Waals surface area contributed by atoms with E-state index in [4.69, 9.17) is 22.4 Å². The molecule has 0 aliphatic rings. The SMILES string of the molecule is C#CCN(Cc1csc2nc(N)nc(O)c12)c1ccc(C(=O)N[C@@H](CCC(=O)N[C@@H](CCC(=O)O)C(=O)O)C(=O)O)s1. The van der Waals surface area contributed by atoms with Crippen LogP contribution in [-0.4, -0.2) is 78.7 Å². The van der Waals surface area contributed by atoms with Crippen molar-refractivity contribution in [3.05, 3.63) is 28.0 Å². The quantitative estimate of drug-likeness (QED) is 0.118. The van der Waals surface area contributed by atoms with E-state index < -0.39 is 54.6 Å². The molecule has 8 N–H and O–H groups in total. The number of aromatic hydroxyl groups is 1. The van der Waals surface area contributed by atoms with Gasteiger partial charge in [-0.1, -0.05) is 5.92 Å². The molecule has 3 aromatic heterocycles. The number of hydrogen-bond acceptors (Lipinski definition) is 12. The summed E-state index contributed by atoms with van der Waals surface area (Å²) in [6.45, 7) is 0.384. The van der Waals surface area contributed by atoms with Crippen LogP contribution in [0.4, 0.5) is 10.9 Å². The Bertz CT molecular complexity index is 1550. The Morgan fingerprint density at radius 3 is 2.33 bits per heavy atom. The van der Waals surface area contributed by atoms with E-state index in [0.717, 1.165) is 11.3 Å². The first-order valence-electron chi connectivity index (χ1n) is 12.2. The number of aromatic nitrogens is 2. The minimum Gasteiger partial charge on any atom is -0.493 e. The van der Waals surface area contributed by atoms with Gasteiger partial charge in [-0.2, -0.15) is 4.98 Å². The number of carbonyl (C=O) groups excluding carboxylic acids is 2. The number of hydrogen-bond donors (Lipinski definition) is 7. The molecule has 0 spiro atoms. The summed E-state index contributed by atoms with van der Waals surface area (Å²) in [5.41, 5.74) is 6.28. The van der Waals surface area contributed by atoms with Crippen molar-refractivity contribution < 1.29 is 44.4 Å². The van der Waals surface area contributed by atoms with Gasteiger partial charge in [0.15, 0.2) is 0 Å². The van der Waals surface area contributed by atoms with Gasteiger partial charge in [-0.15, -0.1) is 29.1 Å². The molecular weight excluding hydrogens is 592 g/mol. The molecule has 42 heavy (non-hydrogen) atoms. The van der Waals surface area contributed by atoms with Gasteiger partial charge in [-0.25, -0.2) is 14.6 Å². The molecule has 2 amide bonds. The lowest BCUT2D eigenvalue weighted by molar-refractivity contribution is -0.143. The first-order valence-corrected chi connectivity index (χ1v) is 13.9. The van der Waals surface area contributed by atoms with Crippen LogP contribution in [0.15, 0.2) is 17.5 Å². The van der Waals surface area contributed by atoms with Gasteiger partial charge in [0, 0.05) is 19.4 Å². The number of anilines is 2. The molecule has 3 rings (SSSR count). The number of aliphatic carboxylic acids is 3. The maximum atomic E-state index is 12.9. The lowest BCUT2D eigenvalue weighted by atomic mass is 10.1. The Labute approximate surface area is 246 Å². The van der Waals surface area contributed by atoms with Gasteiger partial charge in [0.1, 0.15) is 16.9 Å². The van der Waals surface area contributed by atoms with Gasteiger partial charge in [-0.05, 0) is 35.9 Å². The summed E-state index contributed by atoms with van der Waals surface area (Å²) in [7, 11) is 0. The number of terminal acetylenes is 1. The molecule has 0 fully saturated rings. The number of nitrogens with one attached hydrogen (secondary N) is 2. The third kappa shape index (κ3) is 8.28. The Morgan fingerprint density at radius 1 is 1.02 bits per heavy atom. The van der Waals surface area contributed by atoms with Crippen molar-refractivity contribution in [1.82, 2.24) is 20.6 Å². The number of carbonyl (C=O) groups is 5. The van der Waals surface area contributed by atoms with Gasteiger partial charge >= 0.3 is 17.9 Å². The minimum absolute atomic E-state index is 0.0664. The molecule has 0 unspecified atom stereocenters. The first kappa shape index (κ1) is 31.6. The van der Waals surface area contributed by atoms with Gasteiger partial charge < -0.3 is 41.7 Å². The van der Waals surface area contributed by atoms with E-state index in [-0.39, 0.29) is 42.6 Å². The van der Waals surface area contributed by atoms with Crippen molar-refractivity contribution in [1.29, 1.82) is 0 Å². The molecule has 3 heterocycles. The number of nitrogen functional groups attached to an aromatic ring is 1. The highest BCUT2D eigenvalue weighted by molar-refractivity contribution is 7.18. The summed E-state index contributed by atoms with van der Waals surface area (Å²) in [5, 5.41) is 45.0. The predicted molar refractivity (Wildman–Crippen MR) is 152 cm³/mol. The fourth-order valence-electron chi connectivity index (χ4n) is 3.81. The molecule has 0 aliphatic heterocycles. The molecule has 0 bridgehead atoms. The van der Waals surface area contributed by atoms with Crippen LogP contribution in [0.1, 0.15) is 40.9 Å². The molecule has 0 saturated carbocycles. The molecule has 3 aromatic rings. The van der Waals surface area contributed by atoms with Crippen molar-refractivity contribution in [3.63, 3.8) is 0 Å². The maximum absolute atomic E-state index is 12.9.